The number of primary sulfonamides is 1. The van der Waals surface area contributed by atoms with E-state index >= 15 is 0 Å². The Kier molecular flexibility index (Phi) is 5.91. The van der Waals surface area contributed by atoms with Crippen molar-refractivity contribution in [3.8, 4) is 5.75 Å². The van der Waals surface area contributed by atoms with E-state index in [1.807, 2.05) is 6.92 Å². The summed E-state index contributed by atoms with van der Waals surface area (Å²) in [6.45, 7) is 2.05. The molecule has 1 rings (SSSR count). The van der Waals surface area contributed by atoms with Crippen molar-refractivity contribution in [2.24, 2.45) is 10.9 Å². The predicted octanol–water partition coefficient (Wildman–Crippen LogP) is 0.873. The highest BCUT2D eigenvalue weighted by Crippen LogP contribution is 2.28. The van der Waals surface area contributed by atoms with Gasteiger partial charge < -0.3 is 10.8 Å². The van der Waals surface area contributed by atoms with Crippen LogP contribution >= 0.6 is 12.4 Å². The van der Waals surface area contributed by atoms with Gasteiger partial charge >= 0.3 is 0 Å². The Bertz CT molecular complexity index is 489. The number of rotatable bonds is 4. The molecule has 0 aliphatic heterocycles. The number of nitrogens with two attached hydrogens (primary N) is 2. The van der Waals surface area contributed by atoms with Gasteiger partial charge in [-0.15, -0.1) is 12.4 Å². The van der Waals surface area contributed by atoms with Crippen molar-refractivity contribution < 1.29 is 13.5 Å². The van der Waals surface area contributed by atoms with Gasteiger partial charge in [-0.1, -0.05) is 19.4 Å². The van der Waals surface area contributed by atoms with Gasteiger partial charge in [-0.2, -0.15) is 0 Å². The average Bonchev–Trinajstić information content (AvgIpc) is 2.19. The van der Waals surface area contributed by atoms with Crippen LogP contribution in [0.1, 0.15) is 24.5 Å². The van der Waals surface area contributed by atoms with Crippen LogP contribution in [0.2, 0.25) is 0 Å². The van der Waals surface area contributed by atoms with Crippen LogP contribution in [0.15, 0.2) is 17.0 Å². The van der Waals surface area contributed by atoms with Gasteiger partial charge in [0, 0.05) is 12.1 Å². The zero-order valence-electron chi connectivity index (χ0n) is 9.51. The molecule has 5 N–H and O–H groups in total. The van der Waals surface area contributed by atoms with Crippen LogP contribution in [0, 0.1) is 0 Å². The maximum atomic E-state index is 11.3. The van der Waals surface area contributed by atoms with Gasteiger partial charge in [0.2, 0.25) is 10.0 Å². The molecule has 0 fully saturated rings. The quantitative estimate of drug-likeness (QED) is 0.761. The molecule has 0 aromatic heterocycles. The van der Waals surface area contributed by atoms with Gasteiger partial charge in [0.1, 0.15) is 10.6 Å². The number of benzene rings is 1. The Morgan fingerprint density at radius 2 is 1.94 bits per heavy atom. The average molecular weight is 281 g/mol. The molecule has 0 saturated carbocycles. The topological polar surface area (TPSA) is 106 Å². The molecule has 7 heteroatoms. The predicted molar refractivity (Wildman–Crippen MR) is 68.6 cm³/mol. The molecular formula is C10H17ClN2O3S. The van der Waals surface area contributed by atoms with Crippen molar-refractivity contribution in [1.29, 1.82) is 0 Å². The van der Waals surface area contributed by atoms with Gasteiger partial charge in [0.15, 0.2) is 0 Å². The van der Waals surface area contributed by atoms with Crippen LogP contribution in [-0.2, 0) is 23.0 Å². The Morgan fingerprint density at radius 3 is 2.35 bits per heavy atom. The zero-order chi connectivity index (χ0) is 12.3. The number of hydrogen-bond donors (Lipinski definition) is 3. The third-order valence-electron chi connectivity index (χ3n) is 2.28. The fourth-order valence-corrected chi connectivity index (χ4v) is 2.25. The first-order valence-corrected chi connectivity index (χ1v) is 6.52. The van der Waals surface area contributed by atoms with E-state index in [9.17, 15) is 13.5 Å². The maximum absolute atomic E-state index is 11.3. The summed E-state index contributed by atoms with van der Waals surface area (Å²) >= 11 is 0. The monoisotopic (exact) mass is 280 g/mol. The van der Waals surface area contributed by atoms with Crippen LogP contribution in [0.3, 0.4) is 0 Å². The highest BCUT2D eigenvalue weighted by atomic mass is 35.5. The second-order valence-electron chi connectivity index (χ2n) is 3.60. The van der Waals surface area contributed by atoms with E-state index in [0.717, 1.165) is 18.4 Å². The van der Waals surface area contributed by atoms with Crippen molar-refractivity contribution in [2.75, 3.05) is 0 Å². The van der Waals surface area contributed by atoms with E-state index < -0.39 is 10.0 Å². The lowest BCUT2D eigenvalue weighted by atomic mass is 10.1. The number of hydrogen-bond acceptors (Lipinski definition) is 4. The minimum Gasteiger partial charge on any atom is -0.506 e. The summed E-state index contributed by atoms with van der Waals surface area (Å²) in [6.07, 6.45) is 1.59. The lowest BCUT2D eigenvalue weighted by molar-refractivity contribution is 0.451. The Hall–Kier alpha value is -0.820. The molecule has 0 atom stereocenters. The van der Waals surface area contributed by atoms with Crippen LogP contribution < -0.4 is 10.9 Å². The van der Waals surface area contributed by atoms with Crippen molar-refractivity contribution in [3.63, 3.8) is 0 Å². The first-order chi connectivity index (χ1) is 7.40. The molecule has 0 spiro atoms. The van der Waals surface area contributed by atoms with Crippen molar-refractivity contribution >= 4 is 22.4 Å². The van der Waals surface area contributed by atoms with Crippen LogP contribution in [0.4, 0.5) is 0 Å². The number of phenolic OH excluding ortho intramolecular Hbond substituents is 1. The van der Waals surface area contributed by atoms with Crippen LogP contribution in [-0.4, -0.2) is 13.5 Å². The minimum atomic E-state index is -3.91. The largest absolute Gasteiger partial charge is 0.506 e. The SMILES string of the molecule is CCCc1cc(CN)c(O)c(S(N)(=O)=O)c1.Cl. The highest BCUT2D eigenvalue weighted by molar-refractivity contribution is 7.89. The molecule has 0 radical (unpaired) electrons. The van der Waals surface area contributed by atoms with Gasteiger partial charge in [-0.3, -0.25) is 0 Å². The molecule has 0 aliphatic rings. The van der Waals surface area contributed by atoms with E-state index in [1.54, 1.807) is 6.07 Å². The summed E-state index contributed by atoms with van der Waals surface area (Å²) in [5.74, 6) is -0.343. The normalized spacial score (nSPS) is 11.0. The van der Waals surface area contributed by atoms with Gasteiger partial charge in [0.25, 0.3) is 0 Å². The molecule has 0 heterocycles. The van der Waals surface area contributed by atoms with E-state index in [4.69, 9.17) is 10.9 Å². The van der Waals surface area contributed by atoms with Gasteiger partial charge in [-0.05, 0) is 18.1 Å². The molecule has 98 valence electrons. The number of aromatic hydroxyl groups is 1. The van der Waals surface area contributed by atoms with Gasteiger partial charge in [0.05, 0.1) is 0 Å². The molecule has 0 aliphatic carbocycles. The number of aryl methyl sites for hydroxylation is 1. The smallest absolute Gasteiger partial charge is 0.241 e. The molecule has 0 saturated heterocycles. The lowest BCUT2D eigenvalue weighted by Gasteiger charge is -2.10. The summed E-state index contributed by atoms with van der Waals surface area (Å²) in [7, 11) is -3.91. The number of halogens is 1. The van der Waals surface area contributed by atoms with Crippen LogP contribution in [0.5, 0.6) is 5.75 Å². The molecule has 1 aromatic rings. The first kappa shape index (κ1) is 16.2. The third-order valence-corrected chi connectivity index (χ3v) is 3.20. The Labute approximate surface area is 107 Å². The fraction of sp³-hybridized carbons (Fsp3) is 0.400. The third kappa shape index (κ3) is 3.85. The first-order valence-electron chi connectivity index (χ1n) is 4.97. The summed E-state index contributed by atoms with van der Waals surface area (Å²) in [6, 6.07) is 3.10. The van der Waals surface area contributed by atoms with Crippen molar-refractivity contribution in [1.82, 2.24) is 0 Å². The van der Waals surface area contributed by atoms with Crippen molar-refractivity contribution in [2.45, 2.75) is 31.2 Å². The van der Waals surface area contributed by atoms with E-state index in [2.05, 4.69) is 0 Å². The van der Waals surface area contributed by atoms with Crippen LogP contribution in [0.25, 0.3) is 0 Å². The van der Waals surface area contributed by atoms with Crippen molar-refractivity contribution in [3.05, 3.63) is 23.3 Å². The highest BCUT2D eigenvalue weighted by Gasteiger charge is 2.17. The number of phenols is 1. The van der Waals surface area contributed by atoms with E-state index in [-0.39, 0.29) is 29.6 Å². The molecule has 0 unspecified atom stereocenters. The summed E-state index contributed by atoms with van der Waals surface area (Å²) in [4.78, 5) is -0.251. The molecule has 1 aromatic carbocycles. The zero-order valence-corrected chi connectivity index (χ0v) is 11.1. The summed E-state index contributed by atoms with van der Waals surface area (Å²) in [5.41, 5.74) is 6.64. The molecule has 0 amide bonds. The van der Waals surface area contributed by atoms with Gasteiger partial charge in [-0.25, -0.2) is 13.6 Å². The standard InChI is InChI=1S/C10H16N2O3S.ClH/c1-2-3-7-4-8(6-11)10(13)9(5-7)16(12,14)15;/h4-5,13H,2-3,6,11H2,1H3,(H2,12,14,15);1H. The lowest BCUT2D eigenvalue weighted by Crippen LogP contribution is -2.14. The Balaban J connectivity index is 0.00000256. The summed E-state index contributed by atoms with van der Waals surface area (Å²) < 4.78 is 22.5. The molecular weight excluding hydrogens is 264 g/mol. The van der Waals surface area contributed by atoms with E-state index in [0.29, 0.717) is 5.56 Å². The maximum Gasteiger partial charge on any atom is 0.241 e. The summed E-state index contributed by atoms with van der Waals surface area (Å²) in [5, 5.41) is 14.7. The second-order valence-corrected chi connectivity index (χ2v) is 5.13. The molecule has 0 bridgehead atoms. The molecule has 5 nitrogen and oxygen atoms in total. The minimum absolute atomic E-state index is 0. The Morgan fingerprint density at radius 1 is 1.35 bits per heavy atom. The number of sulfonamides is 1. The van der Waals surface area contributed by atoms with E-state index in [1.165, 1.54) is 6.07 Å². The second kappa shape index (κ2) is 6.20. The fourth-order valence-electron chi connectivity index (χ4n) is 1.53. The molecule has 17 heavy (non-hydrogen) atoms.